The number of aromatic nitrogens is 2. The Bertz CT molecular complexity index is 674. The van der Waals surface area contributed by atoms with Crippen LogP contribution < -0.4 is 5.76 Å². The van der Waals surface area contributed by atoms with Crippen LogP contribution in [0.4, 0.5) is 0 Å². The topological polar surface area (TPSA) is 68.3 Å². The summed E-state index contributed by atoms with van der Waals surface area (Å²) >= 11 is 0. The molecule has 0 unspecified atom stereocenters. The molecule has 0 aliphatic rings. The Balaban J connectivity index is 2.22. The summed E-state index contributed by atoms with van der Waals surface area (Å²) in [6.07, 6.45) is 8.29. The Morgan fingerprint density at radius 3 is 3.06 bits per heavy atom. The maximum absolute atomic E-state index is 11.3. The van der Waals surface area contributed by atoms with E-state index in [2.05, 4.69) is 11.0 Å². The van der Waals surface area contributed by atoms with E-state index in [0.717, 1.165) is 10.2 Å². The highest BCUT2D eigenvalue weighted by atomic mass is 16.4. The summed E-state index contributed by atoms with van der Waals surface area (Å²) in [5.41, 5.74) is 0.768. The Kier molecular flexibility index (Phi) is 3.30. The third-order valence-electron chi connectivity index (χ3n) is 2.15. The lowest BCUT2D eigenvalue weighted by molar-refractivity contribution is 0.475. The lowest BCUT2D eigenvalue weighted by Crippen LogP contribution is -2.14. The molecule has 0 atom stereocenters. The zero-order valence-corrected chi connectivity index (χ0v) is 9.41. The van der Waals surface area contributed by atoms with Gasteiger partial charge < -0.3 is 9.52 Å². The first kappa shape index (κ1) is 11.7. The molecule has 0 saturated carbocycles. The first-order valence-corrected chi connectivity index (χ1v) is 5.17. The van der Waals surface area contributed by atoms with E-state index in [1.165, 1.54) is 6.08 Å². The van der Waals surface area contributed by atoms with Gasteiger partial charge in [0.15, 0.2) is 0 Å². The normalized spacial score (nSPS) is 10.6. The molecule has 1 heterocycles. The monoisotopic (exact) mass is 242 g/mol. The highest BCUT2D eigenvalue weighted by Gasteiger charge is 2.03. The molecule has 0 spiro atoms. The first-order valence-electron chi connectivity index (χ1n) is 5.17. The second-order valence-electron chi connectivity index (χ2n) is 3.50. The van der Waals surface area contributed by atoms with Crippen molar-refractivity contribution >= 4 is 12.2 Å². The van der Waals surface area contributed by atoms with Crippen molar-refractivity contribution in [3.63, 3.8) is 0 Å². The van der Waals surface area contributed by atoms with Crippen molar-refractivity contribution in [2.24, 2.45) is 0 Å². The number of hydrogen-bond acceptors (Lipinski definition) is 4. The van der Waals surface area contributed by atoms with Crippen molar-refractivity contribution in [2.45, 2.75) is 6.54 Å². The summed E-state index contributed by atoms with van der Waals surface area (Å²) in [6, 6.07) is 6.65. The molecule has 18 heavy (non-hydrogen) atoms. The fraction of sp³-hybridized carbons (Fsp3) is 0.0769. The van der Waals surface area contributed by atoms with Crippen molar-refractivity contribution in [2.75, 3.05) is 0 Å². The van der Waals surface area contributed by atoms with E-state index >= 15 is 0 Å². The summed E-state index contributed by atoms with van der Waals surface area (Å²) in [5.74, 6) is 2.04. The second-order valence-corrected chi connectivity index (χ2v) is 3.50. The molecule has 1 aromatic heterocycles. The van der Waals surface area contributed by atoms with Gasteiger partial charge in [-0.2, -0.15) is 4.68 Å². The predicted molar refractivity (Wildman–Crippen MR) is 66.6 cm³/mol. The molecule has 0 aliphatic heterocycles. The van der Waals surface area contributed by atoms with Crippen LogP contribution in [0.3, 0.4) is 0 Å². The molecule has 1 aromatic carbocycles. The summed E-state index contributed by atoms with van der Waals surface area (Å²) in [4.78, 5) is 11.3. The maximum atomic E-state index is 11.3. The Labute approximate surface area is 103 Å². The summed E-state index contributed by atoms with van der Waals surface area (Å²) in [7, 11) is 0. The Morgan fingerprint density at radius 2 is 2.33 bits per heavy atom. The van der Waals surface area contributed by atoms with Gasteiger partial charge in [-0.3, -0.25) is 0 Å². The number of nitrogens with zero attached hydrogens (tertiary/aromatic N) is 2. The van der Waals surface area contributed by atoms with Gasteiger partial charge in [0.2, 0.25) is 5.89 Å². The Morgan fingerprint density at radius 1 is 1.50 bits per heavy atom. The molecule has 5 heteroatoms. The fourth-order valence-corrected chi connectivity index (χ4v) is 1.37. The molecule has 0 amide bonds. The van der Waals surface area contributed by atoms with E-state index in [0.29, 0.717) is 0 Å². The van der Waals surface area contributed by atoms with E-state index in [4.69, 9.17) is 10.8 Å². The molecule has 1 N–H and O–H groups in total. The molecule has 0 radical (unpaired) electrons. The molecule has 0 bridgehead atoms. The molecule has 2 rings (SSSR count). The predicted octanol–water partition coefficient (Wildman–Crippen LogP) is 1.35. The SMILES string of the molecule is C#CCn1nc(/C=C/c2cccc(O)c2)oc1=O. The van der Waals surface area contributed by atoms with Gasteiger partial charge in [0, 0.05) is 6.08 Å². The van der Waals surface area contributed by atoms with Crippen LogP contribution in [0.25, 0.3) is 12.2 Å². The largest absolute Gasteiger partial charge is 0.508 e. The lowest BCUT2D eigenvalue weighted by Gasteiger charge is -1.93. The molecular formula is C13H10N2O3. The van der Waals surface area contributed by atoms with Crippen LogP contribution >= 0.6 is 0 Å². The summed E-state index contributed by atoms with van der Waals surface area (Å²) < 4.78 is 5.93. The second kappa shape index (κ2) is 5.06. The van der Waals surface area contributed by atoms with Crippen molar-refractivity contribution in [3.05, 3.63) is 46.3 Å². The minimum Gasteiger partial charge on any atom is -0.508 e. The van der Waals surface area contributed by atoms with Crippen LogP contribution in [0.5, 0.6) is 5.75 Å². The molecule has 0 saturated heterocycles. The number of benzene rings is 1. The first-order chi connectivity index (χ1) is 8.69. The molecular weight excluding hydrogens is 232 g/mol. The van der Waals surface area contributed by atoms with Crippen LogP contribution in [-0.4, -0.2) is 14.9 Å². The lowest BCUT2D eigenvalue weighted by atomic mass is 10.2. The van der Waals surface area contributed by atoms with E-state index in [-0.39, 0.29) is 18.2 Å². The van der Waals surface area contributed by atoms with Crippen molar-refractivity contribution < 1.29 is 9.52 Å². The smallest absolute Gasteiger partial charge is 0.438 e. The molecule has 2 aromatic rings. The molecule has 5 nitrogen and oxygen atoms in total. The number of rotatable bonds is 3. The van der Waals surface area contributed by atoms with E-state index in [1.807, 2.05) is 0 Å². The highest BCUT2D eigenvalue weighted by Crippen LogP contribution is 2.13. The van der Waals surface area contributed by atoms with Crippen LogP contribution in [0.1, 0.15) is 11.5 Å². The summed E-state index contributed by atoms with van der Waals surface area (Å²) in [5, 5.41) is 13.2. The van der Waals surface area contributed by atoms with Crippen LogP contribution in [0, 0.1) is 12.3 Å². The highest BCUT2D eigenvalue weighted by molar-refractivity contribution is 5.66. The van der Waals surface area contributed by atoms with Gasteiger partial charge >= 0.3 is 5.76 Å². The van der Waals surface area contributed by atoms with Gasteiger partial charge in [0.25, 0.3) is 0 Å². The average Bonchev–Trinajstić information content (AvgIpc) is 2.69. The van der Waals surface area contributed by atoms with Gasteiger partial charge in [-0.15, -0.1) is 11.5 Å². The Hall–Kier alpha value is -2.74. The van der Waals surface area contributed by atoms with E-state index in [9.17, 15) is 9.90 Å². The number of terminal acetylenes is 1. The molecule has 0 aliphatic carbocycles. The number of hydrogen-bond donors (Lipinski definition) is 1. The van der Waals surface area contributed by atoms with E-state index < -0.39 is 5.76 Å². The molecule has 0 fully saturated rings. The summed E-state index contributed by atoms with van der Waals surface area (Å²) in [6.45, 7) is 0.0717. The van der Waals surface area contributed by atoms with Gasteiger partial charge in [0.05, 0.1) is 0 Å². The van der Waals surface area contributed by atoms with Crippen LogP contribution in [0.15, 0.2) is 33.5 Å². The third kappa shape index (κ3) is 2.68. The zero-order chi connectivity index (χ0) is 13.0. The standard InChI is InChI=1S/C13H10N2O3/c1-2-8-15-13(17)18-12(14-15)7-6-10-4-3-5-11(16)9-10/h1,3-7,9,16H,8H2/b7-6+. The number of phenols is 1. The average molecular weight is 242 g/mol. The third-order valence-corrected chi connectivity index (χ3v) is 2.15. The molecule has 90 valence electrons. The quantitative estimate of drug-likeness (QED) is 0.825. The van der Waals surface area contributed by atoms with Crippen molar-refractivity contribution in [1.82, 2.24) is 9.78 Å². The fourth-order valence-electron chi connectivity index (χ4n) is 1.37. The van der Waals surface area contributed by atoms with Crippen molar-refractivity contribution in [1.29, 1.82) is 0 Å². The van der Waals surface area contributed by atoms with Crippen molar-refractivity contribution in [3.8, 4) is 18.1 Å². The maximum Gasteiger partial charge on any atom is 0.438 e. The minimum atomic E-state index is -0.594. The number of phenolic OH excluding ortho intramolecular Hbond substituents is 1. The van der Waals surface area contributed by atoms with Gasteiger partial charge in [-0.05, 0) is 23.8 Å². The van der Waals surface area contributed by atoms with Crippen LogP contribution in [-0.2, 0) is 6.54 Å². The van der Waals surface area contributed by atoms with Crippen LogP contribution in [0.2, 0.25) is 0 Å². The zero-order valence-electron chi connectivity index (χ0n) is 9.41. The minimum absolute atomic E-state index is 0.0717. The van der Waals surface area contributed by atoms with E-state index in [1.54, 1.807) is 30.3 Å². The number of aromatic hydroxyl groups is 1. The van der Waals surface area contributed by atoms with Gasteiger partial charge in [-0.25, -0.2) is 4.79 Å². The van der Waals surface area contributed by atoms with Gasteiger partial charge in [-0.1, -0.05) is 18.1 Å². The van der Waals surface area contributed by atoms with Gasteiger partial charge in [0.1, 0.15) is 12.3 Å².